The Bertz CT molecular complexity index is 711. The number of benzene rings is 1. The van der Waals surface area contributed by atoms with Gasteiger partial charge in [-0.2, -0.15) is 4.98 Å². The molecule has 1 aromatic carbocycles. The second-order valence-corrected chi connectivity index (χ2v) is 6.94. The summed E-state index contributed by atoms with van der Waals surface area (Å²) in [5.41, 5.74) is 1.23. The van der Waals surface area contributed by atoms with Crippen LogP contribution in [0.4, 0.5) is 4.79 Å². The zero-order valence-electron chi connectivity index (χ0n) is 14.4. The number of carbonyl (C=O) groups is 1. The molecule has 1 saturated heterocycles. The summed E-state index contributed by atoms with van der Waals surface area (Å²) in [6.07, 6.45) is 6.11. The first-order chi connectivity index (χ1) is 12.3. The van der Waals surface area contributed by atoms with Crippen molar-refractivity contribution in [1.82, 2.24) is 20.4 Å². The molecule has 2 aliphatic rings. The van der Waals surface area contributed by atoms with Gasteiger partial charge in [0.1, 0.15) is 6.04 Å². The molecule has 4 rings (SSSR count). The second-order valence-electron chi connectivity index (χ2n) is 6.94. The van der Waals surface area contributed by atoms with Crippen molar-refractivity contribution >= 4 is 6.03 Å². The van der Waals surface area contributed by atoms with Gasteiger partial charge < -0.3 is 14.7 Å². The normalized spacial score (nSPS) is 20.5. The molecule has 2 aromatic rings. The van der Waals surface area contributed by atoms with Gasteiger partial charge in [-0.25, -0.2) is 4.79 Å². The van der Waals surface area contributed by atoms with E-state index >= 15 is 0 Å². The number of piperidine rings is 1. The lowest BCUT2D eigenvalue weighted by Crippen LogP contribution is -2.45. The molecule has 1 unspecified atom stereocenters. The minimum absolute atomic E-state index is 0.0354. The van der Waals surface area contributed by atoms with Gasteiger partial charge in [-0.1, -0.05) is 35.5 Å². The van der Waals surface area contributed by atoms with Crippen LogP contribution in [0.5, 0.6) is 0 Å². The summed E-state index contributed by atoms with van der Waals surface area (Å²) in [6.45, 7) is 1.37. The maximum absolute atomic E-state index is 12.7. The van der Waals surface area contributed by atoms with Crippen LogP contribution in [0.2, 0.25) is 0 Å². The molecule has 1 aliphatic heterocycles. The number of nitrogens with one attached hydrogen (secondary N) is 1. The van der Waals surface area contributed by atoms with Gasteiger partial charge in [0.25, 0.3) is 0 Å². The molecule has 2 heterocycles. The van der Waals surface area contributed by atoms with Gasteiger partial charge in [0.05, 0.1) is 0 Å². The Hall–Kier alpha value is -2.37. The highest BCUT2D eigenvalue weighted by Gasteiger charge is 2.34. The fourth-order valence-electron chi connectivity index (χ4n) is 3.38. The molecule has 2 amide bonds. The van der Waals surface area contributed by atoms with E-state index in [4.69, 9.17) is 4.52 Å². The second kappa shape index (κ2) is 7.25. The number of hydrogen-bond donors (Lipinski definition) is 1. The minimum atomic E-state index is -0.0922. The fraction of sp³-hybridized carbons (Fsp3) is 0.526. The van der Waals surface area contributed by atoms with Crippen LogP contribution in [0.1, 0.15) is 61.3 Å². The van der Waals surface area contributed by atoms with Crippen LogP contribution < -0.4 is 5.32 Å². The molecule has 1 atom stereocenters. The van der Waals surface area contributed by atoms with E-state index in [-0.39, 0.29) is 12.1 Å². The standard InChI is InChI=1S/C19H24N4O2/c24-19(20-12-11-14-6-2-1-3-7-14)23-13-5-4-8-16(23)18-21-17(22-25-18)15-9-10-15/h1-3,6-7,15-16H,4-5,8-13H2,(H,20,24). The summed E-state index contributed by atoms with van der Waals surface area (Å²) in [4.78, 5) is 19.1. The summed E-state index contributed by atoms with van der Waals surface area (Å²) in [5, 5.41) is 7.14. The molecular formula is C19H24N4O2. The zero-order valence-corrected chi connectivity index (χ0v) is 14.4. The molecule has 1 aromatic heterocycles. The van der Waals surface area contributed by atoms with Gasteiger partial charge in [0.2, 0.25) is 5.89 Å². The zero-order chi connectivity index (χ0) is 17.1. The van der Waals surface area contributed by atoms with Crippen LogP contribution in [0.3, 0.4) is 0 Å². The van der Waals surface area contributed by atoms with Gasteiger partial charge in [-0.15, -0.1) is 0 Å². The maximum atomic E-state index is 12.7. The van der Waals surface area contributed by atoms with Crippen molar-refractivity contribution in [3.05, 3.63) is 47.6 Å². The average Bonchev–Trinajstić information content (AvgIpc) is 3.39. The van der Waals surface area contributed by atoms with Crippen LogP contribution >= 0.6 is 0 Å². The van der Waals surface area contributed by atoms with Crippen molar-refractivity contribution in [1.29, 1.82) is 0 Å². The Morgan fingerprint density at radius 1 is 1.20 bits per heavy atom. The van der Waals surface area contributed by atoms with Gasteiger partial charge in [-0.3, -0.25) is 0 Å². The molecule has 132 valence electrons. The number of hydrogen-bond acceptors (Lipinski definition) is 4. The Morgan fingerprint density at radius 2 is 2.04 bits per heavy atom. The molecular weight excluding hydrogens is 316 g/mol. The number of rotatable bonds is 5. The summed E-state index contributed by atoms with van der Waals surface area (Å²) >= 11 is 0. The topological polar surface area (TPSA) is 71.3 Å². The molecule has 2 fully saturated rings. The van der Waals surface area contributed by atoms with Crippen LogP contribution in [-0.2, 0) is 6.42 Å². The Balaban J connectivity index is 1.36. The number of likely N-dealkylation sites (tertiary alicyclic amines) is 1. The largest absolute Gasteiger partial charge is 0.338 e. The smallest absolute Gasteiger partial charge is 0.318 e. The van der Waals surface area contributed by atoms with E-state index < -0.39 is 0 Å². The number of aromatic nitrogens is 2. The van der Waals surface area contributed by atoms with E-state index in [9.17, 15) is 4.79 Å². The van der Waals surface area contributed by atoms with E-state index in [1.54, 1.807) is 0 Å². The maximum Gasteiger partial charge on any atom is 0.318 e. The predicted octanol–water partition coefficient (Wildman–Crippen LogP) is 3.43. The van der Waals surface area contributed by atoms with Crippen molar-refractivity contribution in [2.75, 3.05) is 13.1 Å². The third-order valence-corrected chi connectivity index (χ3v) is 4.98. The van der Waals surface area contributed by atoms with Gasteiger partial charge >= 0.3 is 6.03 Å². The van der Waals surface area contributed by atoms with Gasteiger partial charge in [-0.05, 0) is 44.1 Å². The summed E-state index contributed by atoms with van der Waals surface area (Å²) in [5.74, 6) is 1.87. The third-order valence-electron chi connectivity index (χ3n) is 4.98. The third kappa shape index (κ3) is 3.83. The van der Waals surface area contributed by atoms with Crippen molar-refractivity contribution in [3.8, 4) is 0 Å². The van der Waals surface area contributed by atoms with Crippen LogP contribution in [0.25, 0.3) is 0 Å². The van der Waals surface area contributed by atoms with E-state index in [0.29, 0.717) is 18.4 Å². The monoisotopic (exact) mass is 340 g/mol. The molecule has 6 heteroatoms. The highest BCUT2D eigenvalue weighted by Crippen LogP contribution is 2.39. The molecule has 25 heavy (non-hydrogen) atoms. The first kappa shape index (κ1) is 16.1. The first-order valence-electron chi connectivity index (χ1n) is 9.23. The molecule has 1 aliphatic carbocycles. The summed E-state index contributed by atoms with van der Waals surface area (Å²) in [6, 6.07) is 10.1. The lowest BCUT2D eigenvalue weighted by molar-refractivity contribution is 0.132. The molecule has 0 bridgehead atoms. The van der Waals surface area contributed by atoms with Gasteiger partial charge in [0, 0.05) is 19.0 Å². The number of carbonyl (C=O) groups excluding carboxylic acids is 1. The lowest BCUT2D eigenvalue weighted by Gasteiger charge is -2.33. The van der Waals surface area contributed by atoms with E-state index in [1.165, 1.54) is 5.56 Å². The number of urea groups is 1. The van der Waals surface area contributed by atoms with Crippen molar-refractivity contribution < 1.29 is 9.32 Å². The number of nitrogens with zero attached hydrogens (tertiary/aromatic N) is 3. The van der Waals surface area contributed by atoms with E-state index in [0.717, 1.165) is 50.9 Å². The van der Waals surface area contributed by atoms with Crippen LogP contribution in [0, 0.1) is 0 Å². The lowest BCUT2D eigenvalue weighted by atomic mass is 10.0. The van der Waals surface area contributed by atoms with E-state index in [1.807, 2.05) is 23.1 Å². The molecule has 6 nitrogen and oxygen atoms in total. The average molecular weight is 340 g/mol. The van der Waals surface area contributed by atoms with E-state index in [2.05, 4.69) is 27.6 Å². The molecule has 0 spiro atoms. The predicted molar refractivity (Wildman–Crippen MR) is 93.1 cm³/mol. The Morgan fingerprint density at radius 3 is 2.84 bits per heavy atom. The quantitative estimate of drug-likeness (QED) is 0.905. The van der Waals surface area contributed by atoms with Crippen LogP contribution in [-0.4, -0.2) is 34.2 Å². The molecule has 1 saturated carbocycles. The minimum Gasteiger partial charge on any atom is -0.338 e. The highest BCUT2D eigenvalue weighted by molar-refractivity contribution is 5.74. The van der Waals surface area contributed by atoms with Crippen LogP contribution in [0.15, 0.2) is 34.9 Å². The van der Waals surface area contributed by atoms with Gasteiger partial charge in [0.15, 0.2) is 5.82 Å². The summed E-state index contributed by atoms with van der Waals surface area (Å²) < 4.78 is 5.48. The Kier molecular flexibility index (Phi) is 4.68. The molecule has 1 N–H and O–H groups in total. The van der Waals surface area contributed by atoms with Crippen molar-refractivity contribution in [3.63, 3.8) is 0 Å². The number of amides is 2. The molecule has 0 radical (unpaired) electrons. The SMILES string of the molecule is O=C(NCCc1ccccc1)N1CCCCC1c1nc(C2CC2)no1. The van der Waals surface area contributed by atoms with Crippen molar-refractivity contribution in [2.45, 2.75) is 50.5 Å². The van der Waals surface area contributed by atoms with Crippen molar-refractivity contribution in [2.24, 2.45) is 0 Å². The Labute approximate surface area is 147 Å². The first-order valence-corrected chi connectivity index (χ1v) is 9.23. The summed E-state index contributed by atoms with van der Waals surface area (Å²) in [7, 11) is 0. The highest BCUT2D eigenvalue weighted by atomic mass is 16.5. The fourth-order valence-corrected chi connectivity index (χ4v) is 3.38.